The summed E-state index contributed by atoms with van der Waals surface area (Å²) < 4.78 is 0. The molecule has 0 N–H and O–H groups in total. The zero-order chi connectivity index (χ0) is 18.5. The molecule has 0 saturated carbocycles. The highest BCUT2D eigenvalue weighted by Gasteiger charge is 2.21. The average molecular weight is 380 g/mol. The standard InChI is InChI=1S/C19H20N6OS/c26-19(16-13-20-4-5-21-16)25-7-2-6-24(8-9-25)14-15-11-22-18(23-12-15)17-3-1-10-27-17/h1,3-5,10-13H,2,6-9,14H2. The van der Waals surface area contributed by atoms with E-state index < -0.39 is 0 Å². The lowest BCUT2D eigenvalue weighted by Gasteiger charge is -2.21. The summed E-state index contributed by atoms with van der Waals surface area (Å²) in [5.41, 5.74) is 1.49. The van der Waals surface area contributed by atoms with Gasteiger partial charge in [-0.15, -0.1) is 11.3 Å². The van der Waals surface area contributed by atoms with Gasteiger partial charge in [0.15, 0.2) is 5.82 Å². The van der Waals surface area contributed by atoms with E-state index in [1.807, 2.05) is 34.8 Å². The van der Waals surface area contributed by atoms with Gasteiger partial charge in [-0.25, -0.2) is 15.0 Å². The summed E-state index contributed by atoms with van der Waals surface area (Å²) >= 11 is 1.64. The van der Waals surface area contributed by atoms with E-state index in [0.717, 1.165) is 48.9 Å². The number of amides is 1. The van der Waals surface area contributed by atoms with Crippen molar-refractivity contribution in [3.8, 4) is 10.7 Å². The van der Waals surface area contributed by atoms with Crippen LogP contribution in [0.3, 0.4) is 0 Å². The van der Waals surface area contributed by atoms with Crippen molar-refractivity contribution in [2.75, 3.05) is 26.2 Å². The fraction of sp³-hybridized carbons (Fsp3) is 0.316. The normalized spacial score (nSPS) is 15.5. The maximum absolute atomic E-state index is 12.6. The molecule has 0 aromatic carbocycles. The van der Waals surface area contributed by atoms with E-state index in [4.69, 9.17) is 0 Å². The van der Waals surface area contributed by atoms with Crippen LogP contribution in [0.2, 0.25) is 0 Å². The molecule has 4 rings (SSSR count). The first-order valence-corrected chi connectivity index (χ1v) is 9.80. The lowest BCUT2D eigenvalue weighted by molar-refractivity contribution is 0.0754. The summed E-state index contributed by atoms with van der Waals surface area (Å²) in [7, 11) is 0. The van der Waals surface area contributed by atoms with Gasteiger partial charge in [0, 0.05) is 63.1 Å². The fourth-order valence-electron chi connectivity index (χ4n) is 3.13. The molecule has 1 saturated heterocycles. The Bertz CT molecular complexity index is 869. The van der Waals surface area contributed by atoms with Crippen LogP contribution in [0.5, 0.6) is 0 Å². The molecule has 3 aromatic heterocycles. The van der Waals surface area contributed by atoms with Gasteiger partial charge in [0.2, 0.25) is 0 Å². The van der Waals surface area contributed by atoms with Crippen LogP contribution in [-0.2, 0) is 6.54 Å². The Balaban J connectivity index is 1.35. The summed E-state index contributed by atoms with van der Waals surface area (Å²) in [6, 6.07) is 4.03. The maximum Gasteiger partial charge on any atom is 0.274 e. The second-order valence-electron chi connectivity index (χ2n) is 6.40. The zero-order valence-corrected chi connectivity index (χ0v) is 15.7. The second kappa shape index (κ2) is 8.32. The third-order valence-corrected chi connectivity index (χ3v) is 5.38. The van der Waals surface area contributed by atoms with Crippen molar-refractivity contribution in [3.63, 3.8) is 0 Å². The Morgan fingerprint density at radius 2 is 1.93 bits per heavy atom. The van der Waals surface area contributed by atoms with Gasteiger partial charge < -0.3 is 4.90 Å². The molecular weight excluding hydrogens is 360 g/mol. The van der Waals surface area contributed by atoms with E-state index in [-0.39, 0.29) is 5.91 Å². The molecule has 0 radical (unpaired) electrons. The molecule has 1 amide bonds. The second-order valence-corrected chi connectivity index (χ2v) is 7.35. The fourth-order valence-corrected chi connectivity index (χ4v) is 3.80. The Morgan fingerprint density at radius 1 is 1.04 bits per heavy atom. The van der Waals surface area contributed by atoms with Crippen LogP contribution in [0.25, 0.3) is 10.7 Å². The molecule has 0 unspecified atom stereocenters. The lowest BCUT2D eigenvalue weighted by atomic mass is 10.3. The molecule has 27 heavy (non-hydrogen) atoms. The molecule has 0 aliphatic carbocycles. The van der Waals surface area contributed by atoms with Crippen molar-refractivity contribution in [1.29, 1.82) is 0 Å². The first-order valence-electron chi connectivity index (χ1n) is 8.92. The number of thiophene rings is 1. The molecule has 0 atom stereocenters. The summed E-state index contributed by atoms with van der Waals surface area (Å²) in [5.74, 6) is 0.721. The van der Waals surface area contributed by atoms with Crippen LogP contribution in [0.1, 0.15) is 22.5 Å². The quantitative estimate of drug-likeness (QED) is 0.692. The SMILES string of the molecule is O=C(c1cnccn1)N1CCCN(Cc2cnc(-c3cccs3)nc2)CC1. The van der Waals surface area contributed by atoms with Crippen molar-refractivity contribution in [2.24, 2.45) is 0 Å². The van der Waals surface area contributed by atoms with E-state index in [0.29, 0.717) is 12.2 Å². The molecule has 1 aliphatic rings. The van der Waals surface area contributed by atoms with E-state index in [9.17, 15) is 4.79 Å². The van der Waals surface area contributed by atoms with E-state index in [1.165, 1.54) is 6.20 Å². The molecule has 0 spiro atoms. The Hall–Kier alpha value is -2.71. The minimum atomic E-state index is -0.0476. The predicted octanol–water partition coefficient (Wildman–Crippen LogP) is 2.34. The van der Waals surface area contributed by atoms with E-state index in [2.05, 4.69) is 24.8 Å². The van der Waals surface area contributed by atoms with Gasteiger partial charge in [-0.1, -0.05) is 6.07 Å². The van der Waals surface area contributed by atoms with Crippen LogP contribution in [0.15, 0.2) is 48.5 Å². The van der Waals surface area contributed by atoms with Crippen LogP contribution >= 0.6 is 11.3 Å². The molecule has 4 heterocycles. The Kier molecular flexibility index (Phi) is 5.45. The molecule has 1 aliphatic heterocycles. The number of hydrogen-bond donors (Lipinski definition) is 0. The number of carbonyl (C=O) groups excluding carboxylic acids is 1. The highest BCUT2D eigenvalue weighted by molar-refractivity contribution is 7.13. The lowest BCUT2D eigenvalue weighted by Crippen LogP contribution is -2.35. The highest BCUT2D eigenvalue weighted by Crippen LogP contribution is 2.20. The van der Waals surface area contributed by atoms with Crippen LogP contribution in [0.4, 0.5) is 0 Å². The number of nitrogens with zero attached hydrogens (tertiary/aromatic N) is 6. The van der Waals surface area contributed by atoms with Crippen LogP contribution < -0.4 is 0 Å². The molecule has 0 bridgehead atoms. The third-order valence-electron chi connectivity index (χ3n) is 4.51. The van der Waals surface area contributed by atoms with Crippen molar-refractivity contribution < 1.29 is 4.79 Å². The minimum absolute atomic E-state index is 0.0476. The summed E-state index contributed by atoms with van der Waals surface area (Å²) in [6.07, 6.45) is 9.38. The maximum atomic E-state index is 12.6. The molecule has 3 aromatic rings. The number of rotatable bonds is 4. The van der Waals surface area contributed by atoms with Crippen LogP contribution in [0, 0.1) is 0 Å². The largest absolute Gasteiger partial charge is 0.336 e. The molecule has 138 valence electrons. The monoisotopic (exact) mass is 380 g/mol. The molecule has 7 nitrogen and oxygen atoms in total. The summed E-state index contributed by atoms with van der Waals surface area (Å²) in [5, 5.41) is 2.03. The number of hydrogen-bond acceptors (Lipinski definition) is 7. The van der Waals surface area contributed by atoms with Crippen molar-refractivity contribution in [3.05, 3.63) is 59.8 Å². The van der Waals surface area contributed by atoms with Gasteiger partial charge >= 0.3 is 0 Å². The number of carbonyl (C=O) groups is 1. The first kappa shape index (κ1) is 17.7. The highest BCUT2D eigenvalue weighted by atomic mass is 32.1. The van der Waals surface area contributed by atoms with Crippen molar-refractivity contribution in [2.45, 2.75) is 13.0 Å². The van der Waals surface area contributed by atoms with Crippen molar-refractivity contribution in [1.82, 2.24) is 29.7 Å². The van der Waals surface area contributed by atoms with Gasteiger partial charge in [0.25, 0.3) is 5.91 Å². The van der Waals surface area contributed by atoms with Crippen LogP contribution in [-0.4, -0.2) is 61.8 Å². The molecule has 8 heteroatoms. The smallest absolute Gasteiger partial charge is 0.274 e. The minimum Gasteiger partial charge on any atom is -0.336 e. The molecule has 1 fully saturated rings. The average Bonchev–Trinajstić information content (AvgIpc) is 3.16. The Labute approximate surface area is 161 Å². The third kappa shape index (κ3) is 4.35. The Morgan fingerprint density at radius 3 is 2.67 bits per heavy atom. The first-order chi connectivity index (χ1) is 13.3. The molecular formula is C19H20N6OS. The van der Waals surface area contributed by atoms with E-state index in [1.54, 1.807) is 23.7 Å². The zero-order valence-electron chi connectivity index (χ0n) is 14.9. The van der Waals surface area contributed by atoms with Gasteiger partial charge in [-0.3, -0.25) is 14.7 Å². The van der Waals surface area contributed by atoms with Gasteiger partial charge in [-0.05, 0) is 17.9 Å². The predicted molar refractivity (Wildman–Crippen MR) is 103 cm³/mol. The summed E-state index contributed by atoms with van der Waals surface area (Å²) in [6.45, 7) is 3.97. The topological polar surface area (TPSA) is 75.1 Å². The van der Waals surface area contributed by atoms with Gasteiger partial charge in [-0.2, -0.15) is 0 Å². The number of aromatic nitrogens is 4. The summed E-state index contributed by atoms with van der Waals surface area (Å²) in [4.78, 5) is 34.9. The van der Waals surface area contributed by atoms with Gasteiger partial charge in [0.05, 0.1) is 11.1 Å². The van der Waals surface area contributed by atoms with E-state index >= 15 is 0 Å². The van der Waals surface area contributed by atoms with Gasteiger partial charge in [0.1, 0.15) is 5.69 Å². The van der Waals surface area contributed by atoms with Crippen molar-refractivity contribution >= 4 is 17.2 Å².